The summed E-state index contributed by atoms with van der Waals surface area (Å²) >= 11 is 11.1. The Kier molecular flexibility index (Phi) is 19.5. The zero-order valence-corrected chi connectivity index (χ0v) is 35.7. The predicted molar refractivity (Wildman–Crippen MR) is 245 cm³/mol. The number of ether oxygens (including phenoxy) is 2. The SMILES string of the molecule is C1CCOC1.CC(=O)Nc1ccccc1CCC(=S)CCc1ccnc2[nH]ccc12.CC(=O)OC(C)=O.Nc1ccccc1CCC(=S)CCc1ccnc2[nH]ccc12. The van der Waals surface area contributed by atoms with Crippen LogP contribution in [0.2, 0.25) is 0 Å². The molecule has 5 N–H and O–H groups in total. The molecule has 1 amide bonds. The van der Waals surface area contributed by atoms with Crippen LogP contribution in [0.5, 0.6) is 0 Å². The number of fused-ring (bicyclic) bond motifs is 2. The molecule has 0 radical (unpaired) electrons. The number of hydrogen-bond donors (Lipinski definition) is 4. The highest BCUT2D eigenvalue weighted by atomic mass is 32.1. The fourth-order valence-electron chi connectivity index (χ4n) is 6.34. The Morgan fingerprint density at radius 2 is 1.12 bits per heavy atom. The third-order valence-electron chi connectivity index (χ3n) is 9.29. The Balaban J connectivity index is 0.000000205. The van der Waals surface area contributed by atoms with Crippen LogP contribution in [0.15, 0.2) is 97.6 Å². The second kappa shape index (κ2) is 25.0. The third kappa shape index (κ3) is 16.6. The minimum absolute atomic E-state index is 0.0526. The molecule has 6 aromatic rings. The summed E-state index contributed by atoms with van der Waals surface area (Å²) in [5.41, 5.74) is 14.4. The number of aromatic amines is 2. The van der Waals surface area contributed by atoms with Crippen LogP contribution in [0, 0.1) is 0 Å². The van der Waals surface area contributed by atoms with Crippen LogP contribution in [-0.2, 0) is 49.5 Å². The Bertz CT molecular complexity index is 2280. The molecule has 1 aliphatic rings. The van der Waals surface area contributed by atoms with Crippen molar-refractivity contribution in [3.05, 3.63) is 120 Å². The molecule has 0 saturated carbocycles. The maximum absolute atomic E-state index is 11.3. The number of benzene rings is 2. The minimum Gasteiger partial charge on any atom is -0.399 e. The van der Waals surface area contributed by atoms with Crippen molar-refractivity contribution in [3.63, 3.8) is 0 Å². The van der Waals surface area contributed by atoms with Crippen molar-refractivity contribution in [2.45, 2.75) is 85.0 Å². The van der Waals surface area contributed by atoms with Gasteiger partial charge in [0.05, 0.1) is 0 Å². The Hall–Kier alpha value is -5.63. The van der Waals surface area contributed by atoms with Crippen molar-refractivity contribution in [1.29, 1.82) is 0 Å². The van der Waals surface area contributed by atoms with E-state index in [1.165, 1.54) is 61.1 Å². The molecule has 310 valence electrons. The van der Waals surface area contributed by atoms with Gasteiger partial charge in [-0.25, -0.2) is 9.97 Å². The third-order valence-corrected chi connectivity index (χ3v) is 10.1. The number of thiocarbonyl (C=S) groups is 2. The summed E-state index contributed by atoms with van der Waals surface area (Å²) in [4.78, 5) is 48.0. The van der Waals surface area contributed by atoms with Crippen molar-refractivity contribution in [2.24, 2.45) is 0 Å². The van der Waals surface area contributed by atoms with E-state index in [4.69, 9.17) is 34.9 Å². The first-order chi connectivity index (χ1) is 28.5. The first kappa shape index (κ1) is 46.1. The number of hydrogen-bond acceptors (Lipinski definition) is 10. The molecule has 1 saturated heterocycles. The number of para-hydroxylation sites is 2. The van der Waals surface area contributed by atoms with Gasteiger partial charge < -0.3 is 30.5 Å². The summed E-state index contributed by atoms with van der Waals surface area (Å²) in [5, 5.41) is 5.24. The van der Waals surface area contributed by atoms with Gasteiger partial charge in [0.25, 0.3) is 0 Å². The highest BCUT2D eigenvalue weighted by molar-refractivity contribution is 7.80. The summed E-state index contributed by atoms with van der Waals surface area (Å²) < 4.78 is 8.92. The molecule has 13 heteroatoms. The number of nitrogen functional groups attached to an aromatic ring is 1. The van der Waals surface area contributed by atoms with Crippen LogP contribution in [0.25, 0.3) is 22.1 Å². The maximum Gasteiger partial charge on any atom is 0.310 e. The van der Waals surface area contributed by atoms with Gasteiger partial charge in [-0.3, -0.25) is 14.4 Å². The van der Waals surface area contributed by atoms with E-state index >= 15 is 0 Å². The Labute approximate surface area is 356 Å². The number of esters is 2. The van der Waals surface area contributed by atoms with E-state index in [1.807, 2.05) is 67.3 Å². The number of carbonyl (C=O) groups excluding carboxylic acids is 3. The van der Waals surface area contributed by atoms with Crippen molar-refractivity contribution >= 4 is 85.5 Å². The van der Waals surface area contributed by atoms with Gasteiger partial charge >= 0.3 is 11.9 Å². The van der Waals surface area contributed by atoms with Gasteiger partial charge in [-0.1, -0.05) is 60.8 Å². The molecule has 2 aromatic carbocycles. The largest absolute Gasteiger partial charge is 0.399 e. The number of rotatable bonds is 13. The number of nitrogens with two attached hydrogens (primary N) is 1. The quantitative estimate of drug-likeness (QED) is 0.0381. The minimum atomic E-state index is -0.562. The second-order valence-corrected chi connectivity index (χ2v) is 15.1. The fourth-order valence-corrected chi connectivity index (χ4v) is 6.75. The lowest BCUT2D eigenvalue weighted by molar-refractivity contribution is -0.156. The van der Waals surface area contributed by atoms with Crippen molar-refractivity contribution in [2.75, 3.05) is 24.3 Å². The molecule has 4 aromatic heterocycles. The number of carbonyl (C=O) groups is 3. The van der Waals surface area contributed by atoms with Crippen molar-refractivity contribution < 1.29 is 23.9 Å². The monoisotopic (exact) mass is 834 g/mol. The van der Waals surface area contributed by atoms with E-state index in [0.717, 1.165) is 103 Å². The first-order valence-electron chi connectivity index (χ1n) is 19.8. The van der Waals surface area contributed by atoms with E-state index in [0.29, 0.717) is 0 Å². The predicted octanol–water partition coefficient (Wildman–Crippen LogP) is 9.43. The lowest BCUT2D eigenvalue weighted by Gasteiger charge is -2.10. The van der Waals surface area contributed by atoms with Gasteiger partial charge in [0, 0.05) is 80.9 Å². The standard InChI is InChI=1S/C20H21N3OS.C18H19N3S.C4H6O3.C4H8O/c1-14(24)23-19-5-3-2-4-16(19)7-9-17(25)8-6-15-10-12-21-20-18(15)11-13-22-20;19-17-4-2-1-3-14(17)6-8-15(22)7-5-13-9-11-20-18-16(13)10-12-21-18;1-3(5)7-4(2)6;1-2-4-5-3-1/h2-5,10-13H,6-9H2,1H3,(H,21,22)(H,23,24);1-4,9-12H,5-8,19H2,(H,20,21);1-2H3;1-4H2. The van der Waals surface area contributed by atoms with E-state index in [-0.39, 0.29) is 5.91 Å². The van der Waals surface area contributed by atoms with Crippen LogP contribution in [0.1, 0.15) is 81.5 Å². The lowest BCUT2D eigenvalue weighted by atomic mass is 10.0. The van der Waals surface area contributed by atoms with Gasteiger partial charge in [0.2, 0.25) is 5.91 Å². The van der Waals surface area contributed by atoms with Crippen LogP contribution in [0.4, 0.5) is 11.4 Å². The molecule has 1 fully saturated rings. The highest BCUT2D eigenvalue weighted by Gasteiger charge is 2.09. The van der Waals surface area contributed by atoms with Gasteiger partial charge in [0.15, 0.2) is 0 Å². The van der Waals surface area contributed by atoms with Crippen LogP contribution in [-0.4, -0.2) is 60.7 Å². The molecule has 1 aliphatic heterocycles. The van der Waals surface area contributed by atoms with E-state index in [9.17, 15) is 14.4 Å². The molecule has 7 rings (SSSR count). The fraction of sp³-hybridized carbons (Fsp3) is 0.326. The molecule has 0 bridgehead atoms. The summed E-state index contributed by atoms with van der Waals surface area (Å²) in [6.45, 7) is 5.89. The zero-order valence-electron chi connectivity index (χ0n) is 34.1. The number of H-pyrrole nitrogens is 2. The molecular weight excluding hydrogens is 781 g/mol. The van der Waals surface area contributed by atoms with Crippen LogP contribution < -0.4 is 11.1 Å². The second-order valence-electron chi connectivity index (χ2n) is 13.9. The van der Waals surface area contributed by atoms with Crippen LogP contribution >= 0.6 is 24.4 Å². The molecule has 11 nitrogen and oxygen atoms in total. The average Bonchev–Trinajstić information content (AvgIpc) is 4.03. The number of nitrogens with one attached hydrogen (secondary N) is 3. The van der Waals surface area contributed by atoms with Crippen molar-refractivity contribution in [1.82, 2.24) is 19.9 Å². The molecule has 59 heavy (non-hydrogen) atoms. The summed E-state index contributed by atoms with van der Waals surface area (Å²) in [6.07, 6.45) is 17.3. The molecular formula is C46H54N6O5S2. The van der Waals surface area contributed by atoms with E-state index in [1.54, 1.807) is 0 Å². The maximum atomic E-state index is 11.3. The lowest BCUT2D eigenvalue weighted by Crippen LogP contribution is -2.09. The zero-order chi connectivity index (χ0) is 42.4. The Morgan fingerprint density at radius 1 is 0.661 bits per heavy atom. The summed E-state index contributed by atoms with van der Waals surface area (Å²) in [6, 6.07) is 24.2. The van der Waals surface area contributed by atoms with E-state index in [2.05, 4.69) is 60.3 Å². The van der Waals surface area contributed by atoms with E-state index < -0.39 is 11.9 Å². The highest BCUT2D eigenvalue weighted by Crippen LogP contribution is 2.21. The topological polar surface area (TPSA) is 165 Å². The van der Waals surface area contributed by atoms with Gasteiger partial charge in [-0.2, -0.15) is 0 Å². The Morgan fingerprint density at radius 3 is 1.56 bits per heavy atom. The smallest absolute Gasteiger partial charge is 0.310 e. The van der Waals surface area contributed by atoms with Gasteiger partial charge in [0.1, 0.15) is 11.3 Å². The number of pyridine rings is 2. The average molecular weight is 835 g/mol. The normalized spacial score (nSPS) is 11.6. The van der Waals surface area contributed by atoms with Crippen molar-refractivity contribution in [3.8, 4) is 0 Å². The number of aromatic nitrogens is 4. The molecule has 5 heterocycles. The molecule has 0 aliphatic carbocycles. The number of nitrogens with zero attached hydrogens (tertiary/aromatic N) is 2. The van der Waals surface area contributed by atoms with Gasteiger partial charge in [-0.15, -0.1) is 0 Å². The first-order valence-corrected chi connectivity index (χ1v) is 20.6. The van der Waals surface area contributed by atoms with Gasteiger partial charge in [-0.05, 0) is 133 Å². The summed E-state index contributed by atoms with van der Waals surface area (Å²) in [7, 11) is 0. The van der Waals surface area contributed by atoms with Crippen LogP contribution in [0.3, 0.4) is 0 Å². The number of amides is 1. The molecule has 0 unspecified atom stereocenters. The number of aryl methyl sites for hydroxylation is 4. The molecule has 0 atom stereocenters. The number of anilines is 2. The summed E-state index contributed by atoms with van der Waals surface area (Å²) in [5.74, 6) is -1.18. The molecule has 0 spiro atoms.